The van der Waals surface area contributed by atoms with Gasteiger partial charge < -0.3 is 10.3 Å². The molecule has 0 spiro atoms. The van der Waals surface area contributed by atoms with Gasteiger partial charge in [0.25, 0.3) is 0 Å². The molecule has 2 N–H and O–H groups in total. The van der Waals surface area contributed by atoms with Gasteiger partial charge in [-0.1, -0.05) is 43.3 Å². The Kier molecular flexibility index (Phi) is 3.33. The van der Waals surface area contributed by atoms with Crippen LogP contribution < -0.4 is 5.73 Å². The molecule has 3 aromatic rings. The predicted molar refractivity (Wildman–Crippen MR) is 83.7 cm³/mol. The molecule has 0 saturated carbocycles. The Morgan fingerprint density at radius 2 is 1.95 bits per heavy atom. The summed E-state index contributed by atoms with van der Waals surface area (Å²) in [7, 11) is 0. The smallest absolute Gasteiger partial charge is 0.201 e. The number of nitrogen functional groups attached to an aromatic ring is 1. The largest absolute Gasteiger partial charge is 0.369 e. The molecule has 1 atom stereocenters. The van der Waals surface area contributed by atoms with Crippen molar-refractivity contribution in [2.45, 2.75) is 19.4 Å². The third kappa shape index (κ3) is 2.13. The van der Waals surface area contributed by atoms with Crippen molar-refractivity contribution in [3.05, 3.63) is 59.7 Å². The Hall–Kier alpha value is -2.80. The van der Waals surface area contributed by atoms with Crippen LogP contribution in [0, 0.1) is 11.3 Å². The van der Waals surface area contributed by atoms with Gasteiger partial charge in [-0.2, -0.15) is 5.26 Å². The summed E-state index contributed by atoms with van der Waals surface area (Å²) in [4.78, 5) is 4.40. The van der Waals surface area contributed by atoms with E-state index in [1.54, 1.807) is 6.07 Å². The minimum Gasteiger partial charge on any atom is -0.369 e. The normalized spacial score (nSPS) is 12.2. The lowest BCUT2D eigenvalue weighted by Gasteiger charge is -2.19. The Balaban J connectivity index is 2.25. The molecular formula is C17H16N4. The third-order valence-corrected chi connectivity index (χ3v) is 3.75. The molecule has 0 amide bonds. The average Bonchev–Trinajstić information content (AvgIpc) is 2.86. The summed E-state index contributed by atoms with van der Waals surface area (Å²) in [6.45, 7) is 2.12. The fraction of sp³-hybridized carbons (Fsp3) is 0.176. The second-order valence-electron chi connectivity index (χ2n) is 4.96. The van der Waals surface area contributed by atoms with Gasteiger partial charge >= 0.3 is 0 Å². The number of benzene rings is 2. The maximum absolute atomic E-state index is 9.21. The van der Waals surface area contributed by atoms with Crippen LogP contribution in [0.15, 0.2) is 48.5 Å². The van der Waals surface area contributed by atoms with E-state index in [-0.39, 0.29) is 6.04 Å². The van der Waals surface area contributed by atoms with E-state index >= 15 is 0 Å². The van der Waals surface area contributed by atoms with E-state index in [1.165, 1.54) is 5.56 Å². The quantitative estimate of drug-likeness (QED) is 0.796. The molecule has 1 aromatic heterocycles. The molecule has 0 bridgehead atoms. The number of hydrogen-bond acceptors (Lipinski definition) is 3. The molecule has 0 aliphatic carbocycles. The summed E-state index contributed by atoms with van der Waals surface area (Å²) in [5, 5.41) is 9.21. The van der Waals surface area contributed by atoms with Crippen LogP contribution in [0.25, 0.3) is 11.0 Å². The summed E-state index contributed by atoms with van der Waals surface area (Å²) >= 11 is 0. The van der Waals surface area contributed by atoms with Crippen LogP contribution in [0.3, 0.4) is 0 Å². The van der Waals surface area contributed by atoms with Gasteiger partial charge in [0.1, 0.15) is 11.6 Å². The Morgan fingerprint density at radius 1 is 1.19 bits per heavy atom. The number of nitrogens with two attached hydrogens (primary N) is 1. The van der Waals surface area contributed by atoms with E-state index in [0.29, 0.717) is 17.0 Å². The van der Waals surface area contributed by atoms with Gasteiger partial charge in [0.05, 0.1) is 17.1 Å². The van der Waals surface area contributed by atoms with Crippen molar-refractivity contribution in [2.24, 2.45) is 0 Å². The van der Waals surface area contributed by atoms with Crippen molar-refractivity contribution in [3.8, 4) is 6.07 Å². The maximum atomic E-state index is 9.21. The van der Waals surface area contributed by atoms with Crippen LogP contribution in [-0.4, -0.2) is 9.55 Å². The number of aromatic nitrogens is 2. The summed E-state index contributed by atoms with van der Waals surface area (Å²) < 4.78 is 2.02. The van der Waals surface area contributed by atoms with E-state index in [2.05, 4.69) is 30.1 Å². The van der Waals surface area contributed by atoms with E-state index < -0.39 is 0 Å². The monoisotopic (exact) mass is 276 g/mol. The van der Waals surface area contributed by atoms with E-state index in [0.717, 1.165) is 11.9 Å². The SMILES string of the molecule is CCC(c1ccccc1)n1c(N)nc2c(C#N)cccc21. The van der Waals surface area contributed by atoms with E-state index in [4.69, 9.17) is 5.73 Å². The topological polar surface area (TPSA) is 67.6 Å². The molecule has 1 unspecified atom stereocenters. The van der Waals surface area contributed by atoms with Crippen LogP contribution in [0.4, 0.5) is 5.95 Å². The molecule has 104 valence electrons. The Morgan fingerprint density at radius 3 is 2.62 bits per heavy atom. The molecule has 4 nitrogen and oxygen atoms in total. The summed E-state index contributed by atoms with van der Waals surface area (Å²) in [5.41, 5.74) is 9.46. The lowest BCUT2D eigenvalue weighted by Crippen LogP contribution is -2.12. The highest BCUT2D eigenvalue weighted by Gasteiger charge is 2.19. The second-order valence-corrected chi connectivity index (χ2v) is 4.96. The van der Waals surface area contributed by atoms with Crippen molar-refractivity contribution in [3.63, 3.8) is 0 Å². The summed E-state index contributed by atoms with van der Waals surface area (Å²) in [6.07, 6.45) is 0.899. The van der Waals surface area contributed by atoms with Crippen molar-refractivity contribution in [2.75, 3.05) is 5.73 Å². The maximum Gasteiger partial charge on any atom is 0.201 e. The molecular weight excluding hydrogens is 260 g/mol. The lowest BCUT2D eigenvalue weighted by molar-refractivity contribution is 0.589. The zero-order chi connectivity index (χ0) is 14.8. The lowest BCUT2D eigenvalue weighted by atomic mass is 10.0. The third-order valence-electron chi connectivity index (χ3n) is 3.75. The molecule has 21 heavy (non-hydrogen) atoms. The Labute approximate surface area is 123 Å². The number of fused-ring (bicyclic) bond motifs is 1. The minimum absolute atomic E-state index is 0.116. The molecule has 0 saturated heterocycles. The van der Waals surface area contributed by atoms with Crippen molar-refractivity contribution in [1.82, 2.24) is 9.55 Å². The molecule has 0 fully saturated rings. The molecule has 1 heterocycles. The van der Waals surface area contributed by atoms with Crippen molar-refractivity contribution >= 4 is 17.0 Å². The first-order valence-corrected chi connectivity index (χ1v) is 6.97. The highest BCUT2D eigenvalue weighted by Crippen LogP contribution is 2.30. The number of para-hydroxylation sites is 1. The standard InChI is InChI=1S/C17H16N4/c1-2-14(12-7-4-3-5-8-12)21-15-10-6-9-13(11-18)16(15)20-17(21)19/h3-10,14H,2H2,1H3,(H2,19,20). The fourth-order valence-electron chi connectivity index (χ4n) is 2.80. The number of rotatable bonds is 3. The number of nitrogens with zero attached hydrogens (tertiary/aromatic N) is 3. The van der Waals surface area contributed by atoms with Crippen LogP contribution >= 0.6 is 0 Å². The van der Waals surface area contributed by atoms with Gasteiger partial charge in [-0.25, -0.2) is 4.98 Å². The predicted octanol–water partition coefficient (Wildman–Crippen LogP) is 3.49. The highest BCUT2D eigenvalue weighted by atomic mass is 15.2. The van der Waals surface area contributed by atoms with Gasteiger partial charge in [0.2, 0.25) is 5.95 Å². The first kappa shape index (κ1) is 13.2. The summed E-state index contributed by atoms with van der Waals surface area (Å²) in [6, 6.07) is 18.1. The molecule has 2 aromatic carbocycles. The van der Waals surface area contributed by atoms with Gasteiger partial charge in [-0.15, -0.1) is 0 Å². The Bertz CT molecular complexity index is 812. The van der Waals surface area contributed by atoms with Gasteiger partial charge in [-0.05, 0) is 24.1 Å². The molecule has 0 aliphatic heterocycles. The van der Waals surface area contributed by atoms with Gasteiger partial charge in [-0.3, -0.25) is 0 Å². The van der Waals surface area contributed by atoms with Crippen molar-refractivity contribution < 1.29 is 0 Å². The van der Waals surface area contributed by atoms with E-state index in [1.807, 2.05) is 34.9 Å². The zero-order valence-corrected chi connectivity index (χ0v) is 11.8. The summed E-state index contributed by atoms with van der Waals surface area (Å²) in [5.74, 6) is 0.448. The van der Waals surface area contributed by atoms with Crippen LogP contribution in [0.1, 0.15) is 30.5 Å². The first-order chi connectivity index (χ1) is 10.3. The highest BCUT2D eigenvalue weighted by molar-refractivity contribution is 5.84. The molecule has 3 rings (SSSR count). The number of hydrogen-bond donors (Lipinski definition) is 1. The molecule has 0 radical (unpaired) electrons. The van der Waals surface area contributed by atoms with Crippen LogP contribution in [-0.2, 0) is 0 Å². The second kappa shape index (κ2) is 5.29. The number of anilines is 1. The number of nitriles is 1. The minimum atomic E-state index is 0.116. The van der Waals surface area contributed by atoms with E-state index in [9.17, 15) is 5.26 Å². The number of imidazole rings is 1. The van der Waals surface area contributed by atoms with Gasteiger partial charge in [0, 0.05) is 0 Å². The zero-order valence-electron chi connectivity index (χ0n) is 11.8. The first-order valence-electron chi connectivity index (χ1n) is 6.97. The fourth-order valence-corrected chi connectivity index (χ4v) is 2.80. The molecule has 4 heteroatoms. The van der Waals surface area contributed by atoms with Crippen LogP contribution in [0.5, 0.6) is 0 Å². The molecule has 0 aliphatic rings. The van der Waals surface area contributed by atoms with Gasteiger partial charge in [0.15, 0.2) is 0 Å². The van der Waals surface area contributed by atoms with Crippen LogP contribution in [0.2, 0.25) is 0 Å². The average molecular weight is 276 g/mol. The van der Waals surface area contributed by atoms with Crippen molar-refractivity contribution in [1.29, 1.82) is 5.26 Å².